The first-order chi connectivity index (χ1) is 18.0. The molecule has 5 rings (SSSR count). The SMILES string of the molecule is O=C(Nc1cccc(Cn2c(=O)[nH]c3ccc(Oc4ncccn4)cc3c2=O)c1)Nc1ccccc1F. The van der Waals surface area contributed by atoms with Crippen LogP contribution in [-0.4, -0.2) is 25.6 Å². The fourth-order valence-corrected chi connectivity index (χ4v) is 3.66. The highest BCUT2D eigenvalue weighted by atomic mass is 19.1. The van der Waals surface area contributed by atoms with E-state index in [1.54, 1.807) is 48.5 Å². The Morgan fingerprint density at radius 2 is 1.76 bits per heavy atom. The quantitative estimate of drug-likeness (QED) is 0.323. The average molecular weight is 498 g/mol. The summed E-state index contributed by atoms with van der Waals surface area (Å²) in [5, 5.41) is 5.29. The number of para-hydroxylation sites is 1. The Balaban J connectivity index is 1.37. The third-order valence-electron chi connectivity index (χ3n) is 5.35. The highest BCUT2D eigenvalue weighted by Gasteiger charge is 2.12. The van der Waals surface area contributed by atoms with Crippen molar-refractivity contribution < 1.29 is 13.9 Å². The molecule has 2 aromatic heterocycles. The van der Waals surface area contributed by atoms with Gasteiger partial charge in [-0.1, -0.05) is 24.3 Å². The van der Waals surface area contributed by atoms with Crippen LogP contribution in [0.1, 0.15) is 5.56 Å². The van der Waals surface area contributed by atoms with Crippen LogP contribution in [0.3, 0.4) is 0 Å². The van der Waals surface area contributed by atoms with Crippen molar-refractivity contribution >= 4 is 28.3 Å². The molecule has 0 aliphatic rings. The van der Waals surface area contributed by atoms with Crippen LogP contribution in [0.5, 0.6) is 11.8 Å². The summed E-state index contributed by atoms with van der Waals surface area (Å²) in [6.45, 7) is -0.0541. The average Bonchev–Trinajstić information content (AvgIpc) is 2.89. The smallest absolute Gasteiger partial charge is 0.329 e. The second-order valence-corrected chi connectivity index (χ2v) is 7.92. The Morgan fingerprint density at radius 1 is 0.946 bits per heavy atom. The Morgan fingerprint density at radius 3 is 2.57 bits per heavy atom. The number of carbonyl (C=O) groups is 1. The Labute approximate surface area is 208 Å². The lowest BCUT2D eigenvalue weighted by Crippen LogP contribution is -2.35. The third-order valence-corrected chi connectivity index (χ3v) is 5.35. The zero-order valence-corrected chi connectivity index (χ0v) is 19.1. The maximum atomic E-state index is 13.8. The number of halogens is 1. The Bertz CT molecular complexity index is 1720. The van der Waals surface area contributed by atoms with Crippen molar-refractivity contribution in [3.8, 4) is 11.8 Å². The fourth-order valence-electron chi connectivity index (χ4n) is 3.66. The van der Waals surface area contributed by atoms with E-state index in [0.717, 1.165) is 4.57 Å². The van der Waals surface area contributed by atoms with Gasteiger partial charge in [0.2, 0.25) is 0 Å². The molecule has 11 heteroatoms. The first-order valence-corrected chi connectivity index (χ1v) is 11.1. The van der Waals surface area contributed by atoms with E-state index >= 15 is 0 Å². The largest absolute Gasteiger partial charge is 0.424 e. The highest BCUT2D eigenvalue weighted by molar-refractivity contribution is 5.99. The molecular formula is C26H19FN6O4. The van der Waals surface area contributed by atoms with Crippen LogP contribution in [-0.2, 0) is 6.54 Å². The highest BCUT2D eigenvalue weighted by Crippen LogP contribution is 2.20. The van der Waals surface area contributed by atoms with E-state index in [1.807, 2.05) is 0 Å². The minimum atomic E-state index is -0.641. The standard InChI is InChI=1S/C26H19FN6O4/c27-20-7-1-2-8-22(20)31-24(35)30-17-6-3-5-16(13-17)15-33-23(34)19-14-18(9-10-21(19)32-26(33)36)37-25-28-11-4-12-29-25/h1-14H,15H2,(H,32,36)(H2,30,31,35). The lowest BCUT2D eigenvalue weighted by atomic mass is 10.2. The van der Waals surface area contributed by atoms with Crippen molar-refractivity contribution in [2.45, 2.75) is 6.54 Å². The predicted octanol–water partition coefficient (Wildman–Crippen LogP) is 4.10. The summed E-state index contributed by atoms with van der Waals surface area (Å²) in [5.74, 6) is -0.229. The molecule has 0 radical (unpaired) electrons. The minimum Gasteiger partial charge on any atom is -0.424 e. The van der Waals surface area contributed by atoms with Crippen LogP contribution >= 0.6 is 0 Å². The van der Waals surface area contributed by atoms with Gasteiger partial charge in [0.05, 0.1) is 23.1 Å². The van der Waals surface area contributed by atoms with Crippen LogP contribution in [0.25, 0.3) is 10.9 Å². The van der Waals surface area contributed by atoms with Gasteiger partial charge in [0.15, 0.2) is 0 Å². The summed E-state index contributed by atoms with van der Waals surface area (Å²) >= 11 is 0. The number of anilines is 2. The molecule has 3 aromatic carbocycles. The number of carbonyl (C=O) groups excluding carboxylic acids is 1. The lowest BCUT2D eigenvalue weighted by molar-refractivity contribution is 0.262. The number of rotatable bonds is 6. The van der Waals surface area contributed by atoms with Crippen molar-refractivity contribution in [1.82, 2.24) is 19.5 Å². The Hall–Kier alpha value is -5.32. The van der Waals surface area contributed by atoms with Crippen LogP contribution in [0.4, 0.5) is 20.6 Å². The zero-order chi connectivity index (χ0) is 25.8. The molecule has 0 aliphatic carbocycles. The fraction of sp³-hybridized carbons (Fsp3) is 0.0385. The molecular weight excluding hydrogens is 479 g/mol. The minimum absolute atomic E-state index is 0.0348. The number of urea groups is 1. The molecule has 0 unspecified atom stereocenters. The molecule has 0 saturated carbocycles. The molecule has 10 nitrogen and oxygen atoms in total. The number of aromatic amines is 1. The van der Waals surface area contributed by atoms with Gasteiger partial charge in [-0.3, -0.25) is 9.36 Å². The van der Waals surface area contributed by atoms with E-state index in [1.165, 1.54) is 36.7 Å². The summed E-state index contributed by atoms with van der Waals surface area (Å²) in [7, 11) is 0. The summed E-state index contributed by atoms with van der Waals surface area (Å²) in [4.78, 5) is 48.9. The van der Waals surface area contributed by atoms with E-state index in [0.29, 0.717) is 22.5 Å². The van der Waals surface area contributed by atoms with E-state index < -0.39 is 23.1 Å². The van der Waals surface area contributed by atoms with Crippen LogP contribution in [0.15, 0.2) is 94.8 Å². The summed E-state index contributed by atoms with van der Waals surface area (Å²) in [6, 6.07) is 18.2. The van der Waals surface area contributed by atoms with Crippen LogP contribution < -0.4 is 26.6 Å². The monoisotopic (exact) mass is 498 g/mol. The van der Waals surface area contributed by atoms with Crippen molar-refractivity contribution in [3.05, 3.63) is 117 Å². The first kappa shape index (κ1) is 23.4. The zero-order valence-electron chi connectivity index (χ0n) is 19.1. The number of fused-ring (bicyclic) bond motifs is 1. The van der Waals surface area contributed by atoms with Crippen LogP contribution in [0.2, 0.25) is 0 Å². The number of benzene rings is 3. The third kappa shape index (κ3) is 5.35. The predicted molar refractivity (Wildman–Crippen MR) is 136 cm³/mol. The molecule has 0 aliphatic heterocycles. The molecule has 37 heavy (non-hydrogen) atoms. The van der Waals surface area contributed by atoms with E-state index in [-0.39, 0.29) is 23.6 Å². The number of nitrogens with one attached hydrogen (secondary N) is 3. The van der Waals surface area contributed by atoms with Gasteiger partial charge in [0, 0.05) is 18.1 Å². The van der Waals surface area contributed by atoms with Crippen LogP contribution in [0, 0.1) is 5.82 Å². The number of aromatic nitrogens is 4. The topological polar surface area (TPSA) is 131 Å². The van der Waals surface area contributed by atoms with E-state index in [4.69, 9.17) is 4.74 Å². The van der Waals surface area contributed by atoms with Gasteiger partial charge in [0.25, 0.3) is 5.56 Å². The van der Waals surface area contributed by atoms with Gasteiger partial charge >= 0.3 is 17.7 Å². The summed E-state index contributed by atoms with van der Waals surface area (Å²) in [5.41, 5.74) is 0.262. The molecule has 184 valence electrons. The molecule has 0 bridgehead atoms. The number of ether oxygens (including phenoxy) is 1. The maximum Gasteiger partial charge on any atom is 0.329 e. The summed E-state index contributed by atoms with van der Waals surface area (Å²) in [6.07, 6.45) is 3.06. The summed E-state index contributed by atoms with van der Waals surface area (Å²) < 4.78 is 20.4. The van der Waals surface area contributed by atoms with Gasteiger partial charge in [-0.2, -0.15) is 0 Å². The molecule has 0 spiro atoms. The number of nitrogens with zero attached hydrogens (tertiary/aromatic N) is 3. The van der Waals surface area contributed by atoms with Gasteiger partial charge in [0.1, 0.15) is 11.6 Å². The molecule has 0 atom stereocenters. The van der Waals surface area contributed by atoms with Crippen molar-refractivity contribution in [2.24, 2.45) is 0 Å². The number of amides is 2. The maximum absolute atomic E-state index is 13.8. The van der Waals surface area contributed by atoms with Crippen molar-refractivity contribution in [1.29, 1.82) is 0 Å². The van der Waals surface area contributed by atoms with Crippen molar-refractivity contribution in [3.63, 3.8) is 0 Å². The molecule has 0 saturated heterocycles. The second-order valence-electron chi connectivity index (χ2n) is 7.92. The molecule has 0 fully saturated rings. The van der Waals surface area contributed by atoms with Gasteiger partial charge in [-0.15, -0.1) is 0 Å². The first-order valence-electron chi connectivity index (χ1n) is 11.1. The normalized spacial score (nSPS) is 10.7. The lowest BCUT2D eigenvalue weighted by Gasteiger charge is -2.11. The van der Waals surface area contributed by atoms with E-state index in [2.05, 4.69) is 25.6 Å². The number of H-pyrrole nitrogens is 1. The molecule has 2 heterocycles. The van der Waals surface area contributed by atoms with Gasteiger partial charge < -0.3 is 20.4 Å². The number of hydrogen-bond donors (Lipinski definition) is 3. The van der Waals surface area contributed by atoms with E-state index in [9.17, 15) is 18.8 Å². The molecule has 2 amide bonds. The Kier molecular flexibility index (Phi) is 6.41. The van der Waals surface area contributed by atoms with Crippen molar-refractivity contribution in [2.75, 3.05) is 10.6 Å². The van der Waals surface area contributed by atoms with Gasteiger partial charge in [-0.25, -0.2) is 23.9 Å². The number of hydrogen-bond acceptors (Lipinski definition) is 6. The molecule has 5 aromatic rings. The second kappa shape index (κ2) is 10.1. The van der Waals surface area contributed by atoms with Gasteiger partial charge in [-0.05, 0) is 54.1 Å². The molecule has 3 N–H and O–H groups in total.